The molecule has 4 heteroatoms. The summed E-state index contributed by atoms with van der Waals surface area (Å²) in [6.07, 6.45) is 2.78. The molecule has 0 aromatic heterocycles. The van der Waals surface area contributed by atoms with Crippen LogP contribution in [-0.4, -0.2) is 18.5 Å². The van der Waals surface area contributed by atoms with E-state index in [1.165, 1.54) is 5.56 Å². The van der Waals surface area contributed by atoms with Crippen LogP contribution in [0.3, 0.4) is 0 Å². The lowest BCUT2D eigenvalue weighted by Crippen LogP contribution is -2.14. The van der Waals surface area contributed by atoms with E-state index in [4.69, 9.17) is 4.74 Å². The van der Waals surface area contributed by atoms with Crippen molar-refractivity contribution in [1.29, 1.82) is 0 Å². The summed E-state index contributed by atoms with van der Waals surface area (Å²) in [7, 11) is 0. The molecule has 0 aliphatic carbocycles. The zero-order valence-electron chi connectivity index (χ0n) is 15.6. The summed E-state index contributed by atoms with van der Waals surface area (Å²) in [5.41, 5.74) is 4.18. The van der Waals surface area contributed by atoms with E-state index in [1.54, 1.807) is 0 Å². The second kappa shape index (κ2) is 10.4. The topological polar surface area (TPSA) is 55.4 Å². The highest BCUT2D eigenvalue weighted by atomic mass is 16.5. The van der Waals surface area contributed by atoms with E-state index in [2.05, 4.69) is 17.4 Å². The molecule has 2 rings (SSSR count). The van der Waals surface area contributed by atoms with Crippen LogP contribution in [0.4, 0.5) is 5.69 Å². The van der Waals surface area contributed by atoms with Gasteiger partial charge in [0.25, 0.3) is 0 Å². The Labute approximate surface area is 155 Å². The van der Waals surface area contributed by atoms with Crippen LogP contribution >= 0.6 is 0 Å². The summed E-state index contributed by atoms with van der Waals surface area (Å²) in [4.78, 5) is 23.8. The molecule has 0 atom stereocenters. The van der Waals surface area contributed by atoms with Gasteiger partial charge in [0.05, 0.1) is 6.61 Å². The van der Waals surface area contributed by atoms with Gasteiger partial charge >= 0.3 is 5.97 Å². The molecule has 2 aromatic rings. The van der Waals surface area contributed by atoms with Gasteiger partial charge in [0.2, 0.25) is 5.91 Å². The monoisotopic (exact) mass is 353 g/mol. The Morgan fingerprint density at radius 3 is 2.27 bits per heavy atom. The van der Waals surface area contributed by atoms with Gasteiger partial charge < -0.3 is 10.1 Å². The number of hydrogen-bond donors (Lipinski definition) is 1. The average molecular weight is 353 g/mol. The van der Waals surface area contributed by atoms with Crippen LogP contribution in [0.1, 0.15) is 42.4 Å². The molecule has 0 heterocycles. The fraction of sp³-hybridized carbons (Fsp3) is 0.364. The molecule has 26 heavy (non-hydrogen) atoms. The summed E-state index contributed by atoms with van der Waals surface area (Å²) in [6.45, 7) is 4.35. The third kappa shape index (κ3) is 6.71. The molecule has 1 N–H and O–H groups in total. The standard InChI is InChI=1S/C22H27NO3/c1-17-9-6-10-18(2)22(17)23-20(24)14-7-15-21(25)26-16-8-13-19-11-4-3-5-12-19/h3-6,9-12H,7-8,13-16H2,1-2H3,(H,23,24). The zero-order valence-corrected chi connectivity index (χ0v) is 15.6. The predicted molar refractivity (Wildman–Crippen MR) is 104 cm³/mol. The van der Waals surface area contributed by atoms with Gasteiger partial charge in [0.1, 0.15) is 0 Å². The number of amides is 1. The lowest BCUT2D eigenvalue weighted by atomic mass is 10.1. The van der Waals surface area contributed by atoms with E-state index in [9.17, 15) is 9.59 Å². The number of carbonyl (C=O) groups excluding carboxylic acids is 2. The molecule has 0 aliphatic rings. The fourth-order valence-electron chi connectivity index (χ4n) is 2.79. The van der Waals surface area contributed by atoms with E-state index < -0.39 is 0 Å². The Bertz CT molecular complexity index is 705. The largest absolute Gasteiger partial charge is 0.466 e. The molecular formula is C22H27NO3. The van der Waals surface area contributed by atoms with Crippen LogP contribution in [0.25, 0.3) is 0 Å². The van der Waals surface area contributed by atoms with Crippen molar-refractivity contribution in [3.8, 4) is 0 Å². The second-order valence-electron chi connectivity index (χ2n) is 6.48. The van der Waals surface area contributed by atoms with Crippen LogP contribution < -0.4 is 5.32 Å². The first kappa shape index (κ1) is 19.7. The van der Waals surface area contributed by atoms with Crippen LogP contribution in [0.5, 0.6) is 0 Å². The van der Waals surface area contributed by atoms with Crippen molar-refractivity contribution in [1.82, 2.24) is 0 Å². The number of rotatable bonds is 9. The van der Waals surface area contributed by atoms with Crippen LogP contribution in [0.15, 0.2) is 48.5 Å². The number of esters is 1. The van der Waals surface area contributed by atoms with Gasteiger partial charge in [-0.05, 0) is 49.8 Å². The summed E-state index contributed by atoms with van der Waals surface area (Å²) in [5, 5.41) is 2.93. The van der Waals surface area contributed by atoms with Crippen molar-refractivity contribution in [2.24, 2.45) is 0 Å². The second-order valence-corrected chi connectivity index (χ2v) is 6.48. The first-order chi connectivity index (χ1) is 12.6. The molecule has 1 amide bonds. The summed E-state index contributed by atoms with van der Waals surface area (Å²) < 4.78 is 5.23. The van der Waals surface area contributed by atoms with E-state index in [0.29, 0.717) is 19.4 Å². The third-order valence-corrected chi connectivity index (χ3v) is 4.25. The van der Waals surface area contributed by atoms with Gasteiger partial charge in [-0.25, -0.2) is 0 Å². The van der Waals surface area contributed by atoms with Crippen molar-refractivity contribution < 1.29 is 14.3 Å². The van der Waals surface area contributed by atoms with Crippen LogP contribution in [-0.2, 0) is 20.7 Å². The Kier molecular flexibility index (Phi) is 7.87. The first-order valence-corrected chi connectivity index (χ1v) is 9.12. The number of hydrogen-bond acceptors (Lipinski definition) is 3. The highest BCUT2D eigenvalue weighted by Crippen LogP contribution is 2.19. The number of nitrogens with one attached hydrogen (secondary N) is 1. The van der Waals surface area contributed by atoms with Gasteiger partial charge in [0.15, 0.2) is 0 Å². The molecule has 0 unspecified atom stereocenters. The van der Waals surface area contributed by atoms with Crippen molar-refractivity contribution >= 4 is 17.6 Å². The Hall–Kier alpha value is -2.62. The Balaban J connectivity index is 1.60. The molecule has 4 nitrogen and oxygen atoms in total. The van der Waals surface area contributed by atoms with Crippen molar-refractivity contribution in [3.05, 3.63) is 65.2 Å². The minimum atomic E-state index is -0.238. The summed E-state index contributed by atoms with van der Waals surface area (Å²) in [6, 6.07) is 16.0. The maximum atomic E-state index is 12.1. The van der Waals surface area contributed by atoms with Crippen molar-refractivity contribution in [2.45, 2.75) is 46.0 Å². The SMILES string of the molecule is Cc1cccc(C)c1NC(=O)CCCC(=O)OCCCc1ccccc1. The number of ether oxygens (including phenoxy) is 1. The normalized spacial score (nSPS) is 10.4. The van der Waals surface area contributed by atoms with Crippen LogP contribution in [0.2, 0.25) is 0 Å². The molecule has 0 radical (unpaired) electrons. The summed E-state index contributed by atoms with van der Waals surface area (Å²) in [5.74, 6) is -0.308. The predicted octanol–water partition coefficient (Wildman–Crippen LogP) is 4.59. The first-order valence-electron chi connectivity index (χ1n) is 9.12. The molecule has 2 aromatic carbocycles. The van der Waals surface area contributed by atoms with Gasteiger partial charge in [0, 0.05) is 18.5 Å². The number of para-hydroxylation sites is 1. The van der Waals surface area contributed by atoms with Crippen molar-refractivity contribution in [2.75, 3.05) is 11.9 Å². The third-order valence-electron chi connectivity index (χ3n) is 4.25. The number of aryl methyl sites for hydroxylation is 3. The zero-order chi connectivity index (χ0) is 18.8. The molecule has 0 saturated heterocycles. The highest BCUT2D eigenvalue weighted by Gasteiger charge is 2.09. The Morgan fingerprint density at radius 2 is 1.58 bits per heavy atom. The van der Waals surface area contributed by atoms with Crippen molar-refractivity contribution in [3.63, 3.8) is 0 Å². The quantitative estimate of drug-likeness (QED) is 0.530. The summed E-state index contributed by atoms with van der Waals surface area (Å²) >= 11 is 0. The molecule has 0 bridgehead atoms. The van der Waals surface area contributed by atoms with Gasteiger partial charge in [-0.1, -0.05) is 48.5 Å². The maximum Gasteiger partial charge on any atom is 0.305 e. The average Bonchev–Trinajstić information content (AvgIpc) is 2.63. The molecule has 0 saturated carbocycles. The minimum Gasteiger partial charge on any atom is -0.466 e. The van der Waals surface area contributed by atoms with Gasteiger partial charge in [-0.2, -0.15) is 0 Å². The molecule has 0 spiro atoms. The van der Waals surface area contributed by atoms with Gasteiger partial charge in [-0.15, -0.1) is 0 Å². The maximum absolute atomic E-state index is 12.1. The lowest BCUT2D eigenvalue weighted by Gasteiger charge is -2.11. The highest BCUT2D eigenvalue weighted by molar-refractivity contribution is 5.92. The molecular weight excluding hydrogens is 326 g/mol. The minimum absolute atomic E-state index is 0.0701. The molecule has 138 valence electrons. The number of anilines is 1. The lowest BCUT2D eigenvalue weighted by molar-refractivity contribution is -0.143. The van der Waals surface area contributed by atoms with E-state index in [0.717, 1.165) is 29.7 Å². The fourth-order valence-corrected chi connectivity index (χ4v) is 2.79. The van der Waals surface area contributed by atoms with Gasteiger partial charge in [-0.3, -0.25) is 9.59 Å². The smallest absolute Gasteiger partial charge is 0.305 e. The number of benzene rings is 2. The number of carbonyl (C=O) groups is 2. The van der Waals surface area contributed by atoms with E-state index in [1.807, 2.05) is 50.2 Å². The molecule has 0 aliphatic heterocycles. The molecule has 0 fully saturated rings. The van der Waals surface area contributed by atoms with E-state index in [-0.39, 0.29) is 18.3 Å². The van der Waals surface area contributed by atoms with Crippen LogP contribution in [0, 0.1) is 13.8 Å². The Morgan fingerprint density at radius 1 is 0.885 bits per heavy atom. The van der Waals surface area contributed by atoms with E-state index >= 15 is 0 Å².